The predicted octanol–water partition coefficient (Wildman–Crippen LogP) is 2.20. The highest BCUT2D eigenvalue weighted by atomic mass is 16.5. The predicted molar refractivity (Wildman–Crippen MR) is 65.6 cm³/mol. The monoisotopic (exact) mass is 237 g/mol. The van der Waals surface area contributed by atoms with Crippen molar-refractivity contribution in [3.63, 3.8) is 0 Å². The lowest BCUT2D eigenvalue weighted by molar-refractivity contribution is -0.148. The number of fused-ring (bicyclic) bond motifs is 1. The molecule has 3 unspecified atom stereocenters. The molecule has 1 heterocycles. The molecule has 0 bridgehead atoms. The summed E-state index contributed by atoms with van der Waals surface area (Å²) in [6.45, 7) is 1.12. The molecule has 3 nitrogen and oxygen atoms in total. The van der Waals surface area contributed by atoms with Crippen molar-refractivity contribution in [2.24, 2.45) is 11.8 Å². The fourth-order valence-electron chi connectivity index (χ4n) is 3.92. The average Bonchev–Trinajstić information content (AvgIpc) is 3.10. The van der Waals surface area contributed by atoms with Gasteiger partial charge in [0.1, 0.15) is 6.04 Å². The Kier molecular flexibility index (Phi) is 3.12. The second kappa shape index (κ2) is 4.60. The van der Waals surface area contributed by atoms with E-state index < -0.39 is 0 Å². The number of methoxy groups -OCH3 is 1. The molecular formula is C14H23NO2. The molecule has 0 spiro atoms. The highest BCUT2D eigenvalue weighted by Gasteiger charge is 2.47. The Morgan fingerprint density at radius 2 is 1.94 bits per heavy atom. The number of hydrogen-bond acceptors (Lipinski definition) is 3. The van der Waals surface area contributed by atoms with E-state index in [1.807, 2.05) is 0 Å². The number of ether oxygens (including phenoxy) is 1. The molecule has 0 aromatic rings. The van der Waals surface area contributed by atoms with E-state index in [2.05, 4.69) is 4.90 Å². The molecule has 1 saturated heterocycles. The number of esters is 1. The highest BCUT2D eigenvalue weighted by Crippen LogP contribution is 2.43. The van der Waals surface area contributed by atoms with E-state index in [4.69, 9.17) is 4.74 Å². The van der Waals surface area contributed by atoms with Crippen LogP contribution in [0.15, 0.2) is 0 Å². The largest absolute Gasteiger partial charge is 0.468 e. The first-order chi connectivity index (χ1) is 8.31. The van der Waals surface area contributed by atoms with Gasteiger partial charge in [-0.05, 0) is 50.5 Å². The van der Waals surface area contributed by atoms with Crippen LogP contribution < -0.4 is 0 Å². The Morgan fingerprint density at radius 3 is 2.65 bits per heavy atom. The van der Waals surface area contributed by atoms with Gasteiger partial charge in [-0.25, -0.2) is 0 Å². The normalized spacial score (nSPS) is 35.4. The van der Waals surface area contributed by atoms with Crippen molar-refractivity contribution in [1.82, 2.24) is 4.90 Å². The third kappa shape index (κ3) is 2.10. The van der Waals surface area contributed by atoms with E-state index in [1.54, 1.807) is 0 Å². The van der Waals surface area contributed by atoms with Crippen LogP contribution in [0.1, 0.15) is 44.9 Å². The summed E-state index contributed by atoms with van der Waals surface area (Å²) in [7, 11) is 1.53. The highest BCUT2D eigenvalue weighted by molar-refractivity contribution is 5.76. The molecule has 3 heteroatoms. The van der Waals surface area contributed by atoms with Crippen LogP contribution in [0.4, 0.5) is 0 Å². The van der Waals surface area contributed by atoms with Crippen molar-refractivity contribution < 1.29 is 9.53 Å². The summed E-state index contributed by atoms with van der Waals surface area (Å²) in [5, 5.41) is 0. The minimum Gasteiger partial charge on any atom is -0.468 e. The second-order valence-corrected chi connectivity index (χ2v) is 5.94. The van der Waals surface area contributed by atoms with Crippen LogP contribution >= 0.6 is 0 Å². The lowest BCUT2D eigenvalue weighted by Crippen LogP contribution is -2.47. The maximum Gasteiger partial charge on any atom is 0.323 e. The zero-order valence-corrected chi connectivity index (χ0v) is 10.7. The molecule has 1 aliphatic heterocycles. The smallest absolute Gasteiger partial charge is 0.323 e. The van der Waals surface area contributed by atoms with Crippen molar-refractivity contribution in [3.05, 3.63) is 0 Å². The first-order valence-corrected chi connectivity index (χ1v) is 7.15. The molecule has 2 saturated carbocycles. The number of carbonyl (C=O) groups is 1. The van der Waals surface area contributed by atoms with Gasteiger partial charge in [0, 0.05) is 6.04 Å². The molecule has 3 fully saturated rings. The van der Waals surface area contributed by atoms with E-state index in [1.165, 1.54) is 52.1 Å². The number of rotatable bonds is 3. The van der Waals surface area contributed by atoms with E-state index in [0.717, 1.165) is 12.5 Å². The van der Waals surface area contributed by atoms with Gasteiger partial charge in [0.15, 0.2) is 0 Å². The first kappa shape index (κ1) is 11.5. The van der Waals surface area contributed by atoms with Gasteiger partial charge in [-0.15, -0.1) is 0 Å². The minimum atomic E-state index is 0.0127. The maximum atomic E-state index is 12.0. The topological polar surface area (TPSA) is 29.5 Å². The minimum absolute atomic E-state index is 0.0127. The summed E-state index contributed by atoms with van der Waals surface area (Å²) in [5.41, 5.74) is 0. The Morgan fingerprint density at radius 1 is 1.18 bits per heavy atom. The molecule has 3 atom stereocenters. The molecule has 3 aliphatic rings. The average molecular weight is 237 g/mol. The van der Waals surface area contributed by atoms with Crippen molar-refractivity contribution in [2.45, 2.75) is 57.0 Å². The molecular weight excluding hydrogens is 214 g/mol. The first-order valence-electron chi connectivity index (χ1n) is 7.15. The third-order valence-corrected chi connectivity index (χ3v) is 4.92. The van der Waals surface area contributed by atoms with Crippen molar-refractivity contribution in [1.29, 1.82) is 0 Å². The summed E-state index contributed by atoms with van der Waals surface area (Å²) in [4.78, 5) is 14.5. The molecule has 2 aliphatic carbocycles. The fraction of sp³-hybridized carbons (Fsp3) is 0.929. The van der Waals surface area contributed by atoms with E-state index in [0.29, 0.717) is 12.0 Å². The molecule has 17 heavy (non-hydrogen) atoms. The van der Waals surface area contributed by atoms with Gasteiger partial charge in [-0.3, -0.25) is 9.69 Å². The van der Waals surface area contributed by atoms with Crippen molar-refractivity contribution in [2.75, 3.05) is 13.7 Å². The van der Waals surface area contributed by atoms with Gasteiger partial charge in [0.2, 0.25) is 0 Å². The summed E-state index contributed by atoms with van der Waals surface area (Å²) < 4.78 is 5.03. The number of hydrogen-bond donors (Lipinski definition) is 0. The Labute approximate surface area is 104 Å². The van der Waals surface area contributed by atoms with Crippen molar-refractivity contribution in [3.8, 4) is 0 Å². The van der Waals surface area contributed by atoms with Gasteiger partial charge in [-0.2, -0.15) is 0 Å². The fourth-order valence-corrected chi connectivity index (χ4v) is 3.92. The zero-order valence-electron chi connectivity index (χ0n) is 10.7. The molecule has 96 valence electrons. The molecule has 0 radical (unpaired) electrons. The summed E-state index contributed by atoms with van der Waals surface area (Å²) in [6.07, 6.45) is 9.13. The SMILES string of the molecule is COC(=O)C(C1CC1)N1CCC2CCCCC21. The van der Waals surface area contributed by atoms with Gasteiger partial charge < -0.3 is 4.74 Å². The van der Waals surface area contributed by atoms with Crippen molar-refractivity contribution >= 4 is 5.97 Å². The quantitative estimate of drug-likeness (QED) is 0.705. The van der Waals surface area contributed by atoms with Crippen LogP contribution in [-0.4, -0.2) is 36.6 Å². The van der Waals surface area contributed by atoms with E-state index in [-0.39, 0.29) is 12.0 Å². The maximum absolute atomic E-state index is 12.0. The van der Waals surface area contributed by atoms with Crippen LogP contribution in [0.2, 0.25) is 0 Å². The lowest BCUT2D eigenvalue weighted by Gasteiger charge is -2.35. The number of carbonyl (C=O) groups excluding carboxylic acids is 1. The third-order valence-electron chi connectivity index (χ3n) is 4.92. The van der Waals surface area contributed by atoms with Crippen LogP contribution in [0.5, 0.6) is 0 Å². The van der Waals surface area contributed by atoms with Gasteiger partial charge in [0.05, 0.1) is 7.11 Å². The van der Waals surface area contributed by atoms with E-state index in [9.17, 15) is 4.79 Å². The molecule has 0 aromatic heterocycles. The Balaban J connectivity index is 1.74. The van der Waals surface area contributed by atoms with Crippen LogP contribution in [-0.2, 0) is 9.53 Å². The lowest BCUT2D eigenvalue weighted by atomic mass is 9.85. The standard InChI is InChI=1S/C14H23NO2/c1-17-14(16)13(11-6-7-11)15-9-8-10-4-2-3-5-12(10)15/h10-13H,2-9H2,1H3. The second-order valence-electron chi connectivity index (χ2n) is 5.94. The van der Waals surface area contributed by atoms with Crippen LogP contribution in [0.3, 0.4) is 0 Å². The summed E-state index contributed by atoms with van der Waals surface area (Å²) >= 11 is 0. The molecule has 0 amide bonds. The van der Waals surface area contributed by atoms with Gasteiger partial charge in [0.25, 0.3) is 0 Å². The van der Waals surface area contributed by atoms with Crippen LogP contribution in [0, 0.1) is 11.8 Å². The Bertz CT molecular complexity index is 301. The molecule has 0 N–H and O–H groups in total. The summed E-state index contributed by atoms with van der Waals surface area (Å²) in [5.74, 6) is 1.46. The molecule has 0 aromatic carbocycles. The van der Waals surface area contributed by atoms with Gasteiger partial charge in [-0.1, -0.05) is 12.8 Å². The Hall–Kier alpha value is -0.570. The van der Waals surface area contributed by atoms with Crippen LogP contribution in [0.25, 0.3) is 0 Å². The summed E-state index contributed by atoms with van der Waals surface area (Å²) in [6, 6.07) is 0.751. The number of likely N-dealkylation sites (tertiary alicyclic amines) is 1. The van der Waals surface area contributed by atoms with E-state index >= 15 is 0 Å². The van der Waals surface area contributed by atoms with Gasteiger partial charge >= 0.3 is 5.97 Å². The zero-order chi connectivity index (χ0) is 11.8. The number of nitrogens with zero attached hydrogens (tertiary/aromatic N) is 1. The molecule has 3 rings (SSSR count).